The van der Waals surface area contributed by atoms with Gasteiger partial charge in [0, 0.05) is 45.3 Å². The Hall–Kier alpha value is -2.48. The number of likely N-dealkylation sites (tertiary alicyclic amines) is 1. The molecule has 166 valence electrons. The van der Waals surface area contributed by atoms with Crippen LogP contribution in [-0.2, 0) is 20.0 Å². The predicted octanol–water partition coefficient (Wildman–Crippen LogP) is 2.56. The fraction of sp³-hybridized carbons (Fsp3) is 0.652. The normalized spacial score (nSPS) is 23.0. The van der Waals surface area contributed by atoms with E-state index in [2.05, 4.69) is 15.0 Å². The number of aryl methyl sites for hydroxylation is 1. The smallest absolute Gasteiger partial charge is 0.257 e. The van der Waals surface area contributed by atoms with Gasteiger partial charge in [0.15, 0.2) is 0 Å². The van der Waals surface area contributed by atoms with Crippen molar-refractivity contribution in [2.24, 2.45) is 7.05 Å². The number of carbonyl (C=O) groups is 1. The number of hydrogen-bond acceptors (Lipinski definition) is 5. The summed E-state index contributed by atoms with van der Waals surface area (Å²) in [5.74, 6) is 0.605. The molecule has 0 unspecified atom stereocenters. The van der Waals surface area contributed by atoms with Gasteiger partial charge in [-0.15, -0.1) is 0 Å². The van der Waals surface area contributed by atoms with Crippen molar-refractivity contribution in [1.82, 2.24) is 29.5 Å². The second kappa shape index (κ2) is 8.57. The second-order valence-electron chi connectivity index (χ2n) is 9.30. The number of piperidine rings is 1. The van der Waals surface area contributed by atoms with Crippen molar-refractivity contribution in [1.29, 1.82) is 0 Å². The number of nitrogens with one attached hydrogen (secondary N) is 1. The second-order valence-corrected chi connectivity index (χ2v) is 9.30. The summed E-state index contributed by atoms with van der Waals surface area (Å²) in [6.07, 6.45) is 13.4. The summed E-state index contributed by atoms with van der Waals surface area (Å²) in [4.78, 5) is 38.5. The van der Waals surface area contributed by atoms with Crippen LogP contribution in [0.15, 0.2) is 17.2 Å². The standard InChI is InChI=1S/C23H32N6O2/c1-27-14-16(13-24-27)23(31)29-11-6-5-9-20(29)21-25-19-10-12-28(15-18(19)22(30)26-21)17-7-3-2-4-8-17/h13-14,17,20H,2-12,15H2,1H3,(H,25,26,30)/t20-/m0/s1. The number of aromatic nitrogens is 4. The van der Waals surface area contributed by atoms with Crippen molar-refractivity contribution in [3.8, 4) is 0 Å². The van der Waals surface area contributed by atoms with Crippen molar-refractivity contribution >= 4 is 5.91 Å². The van der Waals surface area contributed by atoms with Gasteiger partial charge >= 0.3 is 0 Å². The Morgan fingerprint density at radius 2 is 1.90 bits per heavy atom. The van der Waals surface area contributed by atoms with Gasteiger partial charge in [0.25, 0.3) is 11.5 Å². The van der Waals surface area contributed by atoms with Gasteiger partial charge in [0.1, 0.15) is 5.82 Å². The molecule has 2 aromatic heterocycles. The van der Waals surface area contributed by atoms with Crippen molar-refractivity contribution in [2.75, 3.05) is 13.1 Å². The lowest BCUT2D eigenvalue weighted by atomic mass is 9.92. The van der Waals surface area contributed by atoms with Crippen LogP contribution in [0.3, 0.4) is 0 Å². The molecule has 2 aromatic rings. The molecule has 0 bridgehead atoms. The lowest BCUT2D eigenvalue weighted by molar-refractivity contribution is 0.0598. The molecule has 31 heavy (non-hydrogen) atoms. The van der Waals surface area contributed by atoms with Crippen molar-refractivity contribution in [3.63, 3.8) is 0 Å². The third-order valence-corrected chi connectivity index (χ3v) is 7.24. The van der Waals surface area contributed by atoms with Gasteiger partial charge in [0.2, 0.25) is 0 Å². The highest BCUT2D eigenvalue weighted by Gasteiger charge is 2.33. The average molecular weight is 425 g/mol. The molecule has 1 saturated carbocycles. The van der Waals surface area contributed by atoms with E-state index in [0.717, 1.165) is 43.5 Å². The topological polar surface area (TPSA) is 87.1 Å². The Morgan fingerprint density at radius 1 is 1.10 bits per heavy atom. The van der Waals surface area contributed by atoms with Gasteiger partial charge in [-0.05, 0) is 32.1 Å². The summed E-state index contributed by atoms with van der Waals surface area (Å²) in [7, 11) is 1.81. The van der Waals surface area contributed by atoms with Crippen LogP contribution in [-0.4, -0.2) is 54.6 Å². The molecule has 5 rings (SSSR count). The molecule has 2 fully saturated rings. The van der Waals surface area contributed by atoms with E-state index in [1.54, 1.807) is 17.1 Å². The Labute approximate surface area is 182 Å². The number of aromatic amines is 1. The maximum absolute atomic E-state index is 13.1. The van der Waals surface area contributed by atoms with Crippen LogP contribution >= 0.6 is 0 Å². The summed E-state index contributed by atoms with van der Waals surface area (Å²) in [6.45, 7) is 2.34. The molecule has 8 nitrogen and oxygen atoms in total. The number of fused-ring (bicyclic) bond motifs is 1. The van der Waals surface area contributed by atoms with Gasteiger partial charge < -0.3 is 9.88 Å². The fourth-order valence-corrected chi connectivity index (χ4v) is 5.54. The monoisotopic (exact) mass is 424 g/mol. The summed E-state index contributed by atoms with van der Waals surface area (Å²) in [5.41, 5.74) is 2.30. The molecule has 8 heteroatoms. The van der Waals surface area contributed by atoms with E-state index in [-0.39, 0.29) is 17.5 Å². The molecule has 0 radical (unpaired) electrons. The molecule has 0 aromatic carbocycles. The molecule has 1 aliphatic carbocycles. The third-order valence-electron chi connectivity index (χ3n) is 7.24. The number of H-pyrrole nitrogens is 1. The van der Waals surface area contributed by atoms with Crippen LogP contribution < -0.4 is 5.56 Å². The number of amides is 1. The van der Waals surface area contributed by atoms with E-state index >= 15 is 0 Å². The minimum atomic E-state index is -0.184. The minimum absolute atomic E-state index is 0.0279. The molecule has 1 N–H and O–H groups in total. The van der Waals surface area contributed by atoms with E-state index in [9.17, 15) is 9.59 Å². The first-order valence-electron chi connectivity index (χ1n) is 11.8. The van der Waals surface area contributed by atoms with Gasteiger partial charge in [-0.3, -0.25) is 19.2 Å². The third kappa shape index (κ3) is 4.05. The molecule has 1 saturated heterocycles. The maximum atomic E-state index is 13.1. The maximum Gasteiger partial charge on any atom is 0.257 e. The number of rotatable bonds is 3. The molecule has 1 amide bonds. The molecule has 2 aliphatic heterocycles. The van der Waals surface area contributed by atoms with E-state index in [1.807, 2.05) is 11.9 Å². The summed E-state index contributed by atoms with van der Waals surface area (Å²) in [5, 5.41) is 4.14. The first kappa shape index (κ1) is 20.4. The van der Waals surface area contributed by atoms with E-state index < -0.39 is 0 Å². The zero-order valence-electron chi connectivity index (χ0n) is 18.3. The van der Waals surface area contributed by atoms with E-state index in [0.29, 0.717) is 30.5 Å². The van der Waals surface area contributed by atoms with Crippen LogP contribution in [0, 0.1) is 0 Å². The molecule has 3 aliphatic rings. The molecular weight excluding hydrogens is 392 g/mol. The quantitative estimate of drug-likeness (QED) is 0.818. The minimum Gasteiger partial charge on any atom is -0.328 e. The van der Waals surface area contributed by atoms with Crippen molar-refractivity contribution in [3.05, 3.63) is 45.4 Å². The lowest BCUT2D eigenvalue weighted by Gasteiger charge is -2.38. The summed E-state index contributed by atoms with van der Waals surface area (Å²) < 4.78 is 1.64. The largest absolute Gasteiger partial charge is 0.328 e. The zero-order chi connectivity index (χ0) is 21.4. The Morgan fingerprint density at radius 3 is 2.68 bits per heavy atom. The number of nitrogens with zero attached hydrogens (tertiary/aromatic N) is 5. The highest BCUT2D eigenvalue weighted by molar-refractivity contribution is 5.94. The predicted molar refractivity (Wildman–Crippen MR) is 117 cm³/mol. The summed E-state index contributed by atoms with van der Waals surface area (Å²) >= 11 is 0. The SMILES string of the molecule is Cn1cc(C(=O)N2CCCC[C@H]2c2nc3c(c(=O)[nH]2)CN(C2CCCCC2)CC3)cn1. The number of hydrogen-bond donors (Lipinski definition) is 1. The summed E-state index contributed by atoms with van der Waals surface area (Å²) in [6, 6.07) is 0.419. The fourth-order valence-electron chi connectivity index (χ4n) is 5.54. The van der Waals surface area contributed by atoms with Crippen LogP contribution in [0.25, 0.3) is 0 Å². The Bertz CT molecular complexity index is 1010. The van der Waals surface area contributed by atoms with Gasteiger partial charge in [-0.1, -0.05) is 19.3 Å². The molecular formula is C23H32N6O2. The van der Waals surface area contributed by atoms with Gasteiger partial charge in [-0.25, -0.2) is 4.98 Å². The number of carbonyl (C=O) groups excluding carboxylic acids is 1. The Kier molecular flexibility index (Phi) is 5.65. The Balaban J connectivity index is 1.39. The van der Waals surface area contributed by atoms with Crippen molar-refractivity contribution < 1.29 is 4.79 Å². The van der Waals surface area contributed by atoms with E-state index in [1.165, 1.54) is 32.1 Å². The van der Waals surface area contributed by atoms with Gasteiger partial charge in [0.05, 0.1) is 29.1 Å². The highest BCUT2D eigenvalue weighted by atomic mass is 16.2. The zero-order valence-corrected chi connectivity index (χ0v) is 18.3. The first-order chi connectivity index (χ1) is 15.1. The van der Waals surface area contributed by atoms with Crippen LogP contribution in [0.5, 0.6) is 0 Å². The molecule has 4 heterocycles. The highest BCUT2D eigenvalue weighted by Crippen LogP contribution is 2.31. The molecule has 1 atom stereocenters. The van der Waals surface area contributed by atoms with Crippen molar-refractivity contribution in [2.45, 2.75) is 76.4 Å². The van der Waals surface area contributed by atoms with Crippen LogP contribution in [0.4, 0.5) is 0 Å². The van der Waals surface area contributed by atoms with Crippen LogP contribution in [0.2, 0.25) is 0 Å². The lowest BCUT2D eigenvalue weighted by Crippen LogP contribution is -2.44. The van der Waals surface area contributed by atoms with Gasteiger partial charge in [-0.2, -0.15) is 5.10 Å². The van der Waals surface area contributed by atoms with Crippen LogP contribution in [0.1, 0.15) is 84.8 Å². The molecule has 0 spiro atoms. The average Bonchev–Trinajstić information content (AvgIpc) is 3.25. The van der Waals surface area contributed by atoms with E-state index in [4.69, 9.17) is 4.98 Å². The first-order valence-corrected chi connectivity index (χ1v) is 11.8.